The van der Waals surface area contributed by atoms with Crippen molar-refractivity contribution in [2.24, 2.45) is 0 Å². The molecule has 0 aliphatic carbocycles. The Bertz CT molecular complexity index is 1090. The second kappa shape index (κ2) is 8.42. The average Bonchev–Trinajstić information content (AvgIpc) is 3.15. The zero-order valence-electron chi connectivity index (χ0n) is 18.2. The fourth-order valence-corrected chi connectivity index (χ4v) is 3.96. The largest absolute Gasteiger partial charge is 0.444 e. The Morgan fingerprint density at radius 2 is 1.55 bits per heavy atom. The molecule has 0 saturated heterocycles. The minimum absolute atomic E-state index is 0.102. The molecule has 0 radical (unpaired) electrons. The number of hydrogen-bond acceptors (Lipinski definition) is 3. The number of benzene rings is 3. The van der Waals surface area contributed by atoms with Crippen molar-refractivity contribution in [3.63, 3.8) is 0 Å². The number of hydrogen-bond donors (Lipinski definition) is 1. The van der Waals surface area contributed by atoms with Crippen LogP contribution < -0.4 is 5.32 Å². The molecule has 1 atom stereocenters. The van der Waals surface area contributed by atoms with Gasteiger partial charge >= 0.3 is 6.09 Å². The number of ether oxygens (including phenoxy) is 1. The smallest absolute Gasteiger partial charge is 0.408 e. The van der Waals surface area contributed by atoms with Crippen molar-refractivity contribution < 1.29 is 14.3 Å². The van der Waals surface area contributed by atoms with Crippen LogP contribution in [0.3, 0.4) is 0 Å². The van der Waals surface area contributed by atoms with E-state index in [-0.39, 0.29) is 5.91 Å². The van der Waals surface area contributed by atoms with Gasteiger partial charge in [0.25, 0.3) is 0 Å². The first-order valence-electron chi connectivity index (χ1n) is 10.6. The third-order valence-corrected chi connectivity index (χ3v) is 5.40. The Kier molecular flexibility index (Phi) is 5.68. The highest BCUT2D eigenvalue weighted by atomic mass is 16.6. The van der Waals surface area contributed by atoms with Crippen molar-refractivity contribution >= 4 is 22.8 Å². The van der Waals surface area contributed by atoms with Gasteiger partial charge in [0.1, 0.15) is 11.6 Å². The summed E-state index contributed by atoms with van der Waals surface area (Å²) in [5.74, 6) is -0.102. The standard InChI is InChI=1S/C26H28N2O3/c1-26(2,3)31-25(30)27-23(15-18-12-13-19-8-4-5-9-20(19)14-18)24(29)28-16-21-10-6-7-11-22(21)17-28/h4-14,23H,15-17H2,1-3H3,(H,27,30). The van der Waals surface area contributed by atoms with Gasteiger partial charge in [-0.05, 0) is 48.2 Å². The molecule has 2 amide bonds. The number of rotatable bonds is 4. The number of alkyl carbamates (subject to hydrolysis) is 1. The summed E-state index contributed by atoms with van der Waals surface area (Å²) in [5, 5.41) is 5.07. The van der Waals surface area contributed by atoms with Crippen LogP contribution in [0.25, 0.3) is 10.8 Å². The van der Waals surface area contributed by atoms with Crippen LogP contribution in [0.5, 0.6) is 0 Å². The van der Waals surface area contributed by atoms with E-state index in [0.717, 1.165) is 27.5 Å². The number of nitrogens with one attached hydrogen (secondary N) is 1. The predicted molar refractivity (Wildman–Crippen MR) is 122 cm³/mol. The van der Waals surface area contributed by atoms with Gasteiger partial charge in [-0.3, -0.25) is 4.79 Å². The molecule has 1 heterocycles. The molecular formula is C26H28N2O3. The van der Waals surface area contributed by atoms with Crippen LogP contribution in [0.4, 0.5) is 4.79 Å². The average molecular weight is 417 g/mol. The van der Waals surface area contributed by atoms with E-state index in [4.69, 9.17) is 4.74 Å². The molecule has 0 aromatic heterocycles. The summed E-state index contributed by atoms with van der Waals surface area (Å²) in [7, 11) is 0. The SMILES string of the molecule is CC(C)(C)OC(=O)NC(Cc1ccc2ccccc2c1)C(=O)N1Cc2ccccc2C1. The summed E-state index contributed by atoms with van der Waals surface area (Å²) in [6.07, 6.45) is -0.182. The normalized spacial score (nSPS) is 14.2. The Morgan fingerprint density at radius 1 is 0.935 bits per heavy atom. The first-order chi connectivity index (χ1) is 14.8. The van der Waals surface area contributed by atoms with E-state index in [0.29, 0.717) is 19.5 Å². The first-order valence-corrected chi connectivity index (χ1v) is 10.6. The molecule has 3 aromatic rings. The molecule has 0 fully saturated rings. The molecule has 1 unspecified atom stereocenters. The third kappa shape index (κ3) is 5.05. The summed E-state index contributed by atoms with van der Waals surface area (Å²) >= 11 is 0. The molecule has 1 aliphatic rings. The van der Waals surface area contributed by atoms with Crippen LogP contribution in [-0.4, -0.2) is 28.5 Å². The number of fused-ring (bicyclic) bond motifs is 2. The maximum absolute atomic E-state index is 13.4. The Hall–Kier alpha value is -3.34. The molecular weight excluding hydrogens is 388 g/mol. The third-order valence-electron chi connectivity index (χ3n) is 5.40. The van der Waals surface area contributed by atoms with Gasteiger partial charge in [-0.15, -0.1) is 0 Å². The summed E-state index contributed by atoms with van der Waals surface area (Å²) < 4.78 is 5.43. The molecule has 5 nitrogen and oxygen atoms in total. The molecule has 31 heavy (non-hydrogen) atoms. The van der Waals surface area contributed by atoms with E-state index < -0.39 is 17.7 Å². The van der Waals surface area contributed by atoms with Gasteiger partial charge in [-0.2, -0.15) is 0 Å². The van der Waals surface area contributed by atoms with Crippen molar-refractivity contribution in [1.29, 1.82) is 0 Å². The van der Waals surface area contributed by atoms with Gasteiger partial charge in [-0.1, -0.05) is 66.7 Å². The number of nitrogens with zero attached hydrogens (tertiary/aromatic N) is 1. The molecule has 5 heteroatoms. The highest BCUT2D eigenvalue weighted by Gasteiger charge is 2.31. The minimum Gasteiger partial charge on any atom is -0.444 e. The van der Waals surface area contributed by atoms with Crippen LogP contribution in [0, 0.1) is 0 Å². The van der Waals surface area contributed by atoms with Crippen molar-refractivity contribution in [3.8, 4) is 0 Å². The van der Waals surface area contributed by atoms with E-state index in [1.165, 1.54) is 0 Å². The molecule has 0 saturated carbocycles. The van der Waals surface area contributed by atoms with Crippen LogP contribution >= 0.6 is 0 Å². The van der Waals surface area contributed by atoms with Gasteiger partial charge in [0, 0.05) is 19.5 Å². The topological polar surface area (TPSA) is 58.6 Å². The Morgan fingerprint density at radius 3 is 2.19 bits per heavy atom. The van der Waals surface area contributed by atoms with E-state index in [9.17, 15) is 9.59 Å². The van der Waals surface area contributed by atoms with Gasteiger partial charge in [0.05, 0.1) is 0 Å². The minimum atomic E-state index is -0.703. The Labute approximate surface area is 183 Å². The van der Waals surface area contributed by atoms with Crippen molar-refractivity contribution in [2.75, 3.05) is 0 Å². The molecule has 0 spiro atoms. The maximum Gasteiger partial charge on any atom is 0.408 e. The van der Waals surface area contributed by atoms with E-state index in [1.54, 1.807) is 4.90 Å². The van der Waals surface area contributed by atoms with Crippen LogP contribution in [0.1, 0.15) is 37.5 Å². The van der Waals surface area contributed by atoms with E-state index >= 15 is 0 Å². The summed E-state index contributed by atoms with van der Waals surface area (Å²) in [6, 6.07) is 21.6. The summed E-state index contributed by atoms with van der Waals surface area (Å²) in [4.78, 5) is 27.7. The number of amides is 2. The van der Waals surface area contributed by atoms with E-state index in [2.05, 4.69) is 17.4 Å². The van der Waals surface area contributed by atoms with E-state index in [1.807, 2.05) is 75.4 Å². The summed E-state index contributed by atoms with van der Waals surface area (Å²) in [6.45, 7) is 6.54. The molecule has 1 N–H and O–H groups in total. The second-order valence-electron chi connectivity index (χ2n) is 9.05. The summed E-state index contributed by atoms with van der Waals surface area (Å²) in [5.41, 5.74) is 2.66. The number of carbonyl (C=O) groups is 2. The number of carbonyl (C=O) groups excluding carboxylic acids is 2. The van der Waals surface area contributed by atoms with Crippen molar-refractivity contribution in [1.82, 2.24) is 10.2 Å². The molecule has 3 aromatic carbocycles. The predicted octanol–water partition coefficient (Wildman–Crippen LogP) is 4.82. The zero-order valence-corrected chi connectivity index (χ0v) is 18.2. The quantitative estimate of drug-likeness (QED) is 0.663. The first kappa shape index (κ1) is 20.9. The fourth-order valence-electron chi connectivity index (χ4n) is 3.96. The highest BCUT2D eigenvalue weighted by molar-refractivity contribution is 5.87. The van der Waals surface area contributed by atoms with Crippen molar-refractivity contribution in [2.45, 2.75) is 51.9 Å². The zero-order chi connectivity index (χ0) is 22.0. The lowest BCUT2D eigenvalue weighted by molar-refractivity contribution is -0.134. The monoisotopic (exact) mass is 416 g/mol. The van der Waals surface area contributed by atoms with Gasteiger partial charge in [-0.25, -0.2) is 4.79 Å². The molecule has 1 aliphatic heterocycles. The van der Waals surface area contributed by atoms with Gasteiger partial charge in [0.2, 0.25) is 5.91 Å². The molecule has 160 valence electrons. The van der Waals surface area contributed by atoms with Crippen LogP contribution in [-0.2, 0) is 29.0 Å². The fraction of sp³-hybridized carbons (Fsp3) is 0.308. The lowest BCUT2D eigenvalue weighted by Crippen LogP contribution is -2.49. The highest BCUT2D eigenvalue weighted by Crippen LogP contribution is 2.24. The molecule has 0 bridgehead atoms. The molecule has 4 rings (SSSR count). The van der Waals surface area contributed by atoms with Gasteiger partial charge in [0.15, 0.2) is 0 Å². The van der Waals surface area contributed by atoms with Crippen molar-refractivity contribution in [3.05, 3.63) is 83.4 Å². The van der Waals surface area contributed by atoms with Crippen LogP contribution in [0.15, 0.2) is 66.7 Å². The lowest BCUT2D eigenvalue weighted by Gasteiger charge is -2.26. The Balaban J connectivity index is 1.56. The lowest BCUT2D eigenvalue weighted by atomic mass is 10.0. The van der Waals surface area contributed by atoms with Gasteiger partial charge < -0.3 is 15.0 Å². The van der Waals surface area contributed by atoms with Crippen LogP contribution in [0.2, 0.25) is 0 Å². The second-order valence-corrected chi connectivity index (χ2v) is 9.05. The maximum atomic E-state index is 13.4.